The average molecular weight is 237 g/mol. The fourth-order valence-electron chi connectivity index (χ4n) is 1.14. The zero-order valence-electron chi connectivity index (χ0n) is 14.7. The van der Waals surface area contributed by atoms with Gasteiger partial charge in [-0.1, -0.05) is 25.1 Å². The molecule has 0 fully saturated rings. The maximum absolute atomic E-state index is 12.7. The Balaban J connectivity index is 3.44. The van der Waals surface area contributed by atoms with E-state index >= 15 is 0 Å². The van der Waals surface area contributed by atoms with E-state index < -0.39 is 36.5 Å². The third kappa shape index (κ3) is 3.85. The average Bonchev–Trinajstić information content (AvgIpc) is 2.36. The van der Waals surface area contributed by atoms with Crippen molar-refractivity contribution in [3.05, 3.63) is 35.4 Å². The van der Waals surface area contributed by atoms with Gasteiger partial charge in [0.05, 0.1) is 5.56 Å². The third-order valence-corrected chi connectivity index (χ3v) is 1.81. The summed E-state index contributed by atoms with van der Waals surface area (Å²) < 4.78 is 84.3. The summed E-state index contributed by atoms with van der Waals surface area (Å²) in [6.07, 6.45) is -7.55. The zero-order chi connectivity index (χ0) is 17.4. The monoisotopic (exact) mass is 237 g/mol. The summed E-state index contributed by atoms with van der Waals surface area (Å²) in [6.45, 7) is -1.63. The van der Waals surface area contributed by atoms with Crippen LogP contribution in [0, 0.1) is 0 Å². The molecule has 0 aliphatic rings. The highest BCUT2D eigenvalue weighted by Gasteiger charge is 2.30. The largest absolute Gasteiger partial charge is 0.416 e. The summed E-state index contributed by atoms with van der Waals surface area (Å²) in [4.78, 5) is 0. The first-order valence-corrected chi connectivity index (χ1v) is 4.70. The number of hydrogen-bond acceptors (Lipinski definition) is 1. The van der Waals surface area contributed by atoms with Crippen LogP contribution in [0.3, 0.4) is 0 Å². The predicted octanol–water partition coefficient (Wildman–Crippen LogP) is 3.25. The molecule has 1 atom stereocenters. The summed E-state index contributed by atoms with van der Waals surface area (Å²) >= 11 is 0. The van der Waals surface area contributed by atoms with Gasteiger partial charge in [-0.2, -0.15) is 13.2 Å². The molecule has 90 valence electrons. The molecule has 4 heteroatoms. The van der Waals surface area contributed by atoms with Crippen LogP contribution >= 0.6 is 0 Å². The van der Waals surface area contributed by atoms with Crippen LogP contribution in [-0.2, 0) is 12.5 Å². The second kappa shape index (κ2) is 5.34. The Hall–Kier alpha value is -1.03. The number of alkyl halides is 3. The Labute approximate surface area is 102 Å². The first-order chi connectivity index (χ1) is 9.77. The Morgan fingerprint density at radius 2 is 2.31 bits per heavy atom. The fourth-order valence-corrected chi connectivity index (χ4v) is 1.14. The lowest BCUT2D eigenvalue weighted by Gasteiger charge is -2.13. The molecule has 0 heterocycles. The second-order valence-corrected chi connectivity index (χ2v) is 3.11. The van der Waals surface area contributed by atoms with Gasteiger partial charge in [-0.3, -0.25) is 0 Å². The molecule has 1 N–H and O–H groups in total. The smallest absolute Gasteiger partial charge is 0.314 e. The molecule has 1 rings (SSSR count). The number of benzene rings is 1. The lowest BCUT2D eigenvalue weighted by Crippen LogP contribution is -2.27. The summed E-state index contributed by atoms with van der Waals surface area (Å²) in [5, 5.41) is 2.24. The number of halogens is 3. The Morgan fingerprint density at radius 3 is 2.88 bits per heavy atom. The van der Waals surface area contributed by atoms with Gasteiger partial charge in [-0.15, -0.1) is 0 Å². The first-order valence-electron chi connectivity index (χ1n) is 7.70. The highest BCUT2D eigenvalue weighted by molar-refractivity contribution is 5.26. The van der Waals surface area contributed by atoms with E-state index in [0.29, 0.717) is 6.07 Å². The van der Waals surface area contributed by atoms with E-state index in [2.05, 4.69) is 5.32 Å². The minimum absolute atomic E-state index is 0.0274. The lowest BCUT2D eigenvalue weighted by atomic mass is 10.0. The molecule has 0 aliphatic heterocycles. The summed E-state index contributed by atoms with van der Waals surface area (Å²) in [6, 6.07) is 0.544. The van der Waals surface area contributed by atoms with Gasteiger partial charge >= 0.3 is 6.18 Å². The van der Waals surface area contributed by atoms with Crippen LogP contribution < -0.4 is 5.32 Å². The van der Waals surface area contributed by atoms with Gasteiger partial charge < -0.3 is 5.32 Å². The minimum Gasteiger partial charge on any atom is -0.314 e. The summed E-state index contributed by atoms with van der Waals surface area (Å²) in [5.41, 5.74) is -1.62. The van der Waals surface area contributed by atoms with Gasteiger partial charge in [0.15, 0.2) is 0 Å². The first kappa shape index (κ1) is 6.64. The number of likely N-dealkylation sites (N-methyl/N-ethyl adjacent to an activating group) is 1. The fraction of sp³-hybridized carbons (Fsp3) is 0.500. The van der Waals surface area contributed by atoms with Crippen molar-refractivity contribution >= 4 is 0 Å². The molecule has 1 unspecified atom stereocenters. The van der Waals surface area contributed by atoms with Gasteiger partial charge in [-0.25, -0.2) is 0 Å². The van der Waals surface area contributed by atoms with Crippen molar-refractivity contribution in [3.8, 4) is 0 Å². The van der Waals surface area contributed by atoms with Crippen molar-refractivity contribution in [1.29, 1.82) is 0 Å². The van der Waals surface area contributed by atoms with E-state index in [1.165, 1.54) is 6.92 Å². The lowest BCUT2D eigenvalue weighted by molar-refractivity contribution is -0.137. The van der Waals surface area contributed by atoms with Gasteiger partial charge in [0.2, 0.25) is 0 Å². The highest BCUT2D eigenvalue weighted by Crippen LogP contribution is 2.29. The van der Waals surface area contributed by atoms with Crippen molar-refractivity contribution in [3.63, 3.8) is 0 Å². The van der Waals surface area contributed by atoms with Crippen molar-refractivity contribution in [2.24, 2.45) is 0 Å². The van der Waals surface area contributed by atoms with Crippen LogP contribution in [0.4, 0.5) is 13.2 Å². The normalized spacial score (nSPS) is 23.0. The zero-order valence-corrected chi connectivity index (χ0v) is 8.65. The molecule has 0 saturated carbocycles. The molecule has 0 spiro atoms. The summed E-state index contributed by atoms with van der Waals surface area (Å²) in [7, 11) is 0. The van der Waals surface area contributed by atoms with E-state index in [1.807, 2.05) is 0 Å². The minimum atomic E-state index is -4.69. The number of rotatable bonds is 4. The predicted molar refractivity (Wildman–Crippen MR) is 58.3 cm³/mol. The van der Waals surface area contributed by atoms with Gasteiger partial charge in [0.1, 0.15) is 0 Å². The van der Waals surface area contributed by atoms with Crippen molar-refractivity contribution in [1.82, 2.24) is 5.32 Å². The molecule has 16 heavy (non-hydrogen) atoms. The number of hydrogen-bond donors (Lipinski definition) is 1. The molecule has 0 bridgehead atoms. The molecular formula is C12H16F3N. The van der Waals surface area contributed by atoms with Crippen LogP contribution in [0.25, 0.3) is 0 Å². The quantitative estimate of drug-likeness (QED) is 0.847. The molecule has 0 amide bonds. The van der Waals surface area contributed by atoms with Crippen LogP contribution in [-0.4, -0.2) is 12.6 Å². The van der Waals surface area contributed by atoms with E-state index in [0.717, 1.165) is 18.2 Å². The SMILES string of the molecule is [2H]C([2H])([2H])C([2H])(NCC)C([2H])([2H])c1cccc(C(F)(F)F)c1. The van der Waals surface area contributed by atoms with E-state index in [-0.39, 0.29) is 6.54 Å². The van der Waals surface area contributed by atoms with Gasteiger partial charge in [0, 0.05) is 14.2 Å². The molecule has 0 saturated heterocycles. The van der Waals surface area contributed by atoms with Crippen LogP contribution in [0.2, 0.25) is 0 Å². The topological polar surface area (TPSA) is 12.0 Å². The molecule has 0 aromatic heterocycles. The molecule has 1 nitrogen and oxygen atoms in total. The molecule has 0 radical (unpaired) electrons. The molecule has 0 aliphatic carbocycles. The molecule has 1 aromatic carbocycles. The standard InChI is InChI=1S/C12H16F3N/c1-3-16-9(2)7-10-5-4-6-11(8-10)12(13,14)15/h4-6,8-9,16H,3,7H2,1-2H3/i2D3,7D2,9D. The van der Waals surface area contributed by atoms with Crippen LogP contribution in [0.15, 0.2) is 24.3 Å². The third-order valence-electron chi connectivity index (χ3n) is 1.81. The number of nitrogens with one attached hydrogen (secondary N) is 1. The van der Waals surface area contributed by atoms with Crippen molar-refractivity contribution in [2.75, 3.05) is 6.54 Å². The van der Waals surface area contributed by atoms with Crippen LogP contribution in [0.1, 0.15) is 33.1 Å². The van der Waals surface area contributed by atoms with E-state index in [4.69, 9.17) is 8.22 Å². The van der Waals surface area contributed by atoms with E-state index in [9.17, 15) is 13.2 Å². The van der Waals surface area contributed by atoms with E-state index in [1.54, 1.807) is 0 Å². The Morgan fingerprint density at radius 1 is 1.56 bits per heavy atom. The van der Waals surface area contributed by atoms with Gasteiger partial charge in [-0.05, 0) is 31.4 Å². The second-order valence-electron chi connectivity index (χ2n) is 3.11. The Kier molecular flexibility index (Phi) is 2.22. The highest BCUT2D eigenvalue weighted by atomic mass is 19.4. The van der Waals surface area contributed by atoms with Crippen LogP contribution in [0.5, 0.6) is 0 Å². The van der Waals surface area contributed by atoms with Crippen molar-refractivity contribution < 1.29 is 21.4 Å². The molecule has 1 aromatic rings. The van der Waals surface area contributed by atoms with Crippen molar-refractivity contribution in [2.45, 2.75) is 32.3 Å². The summed E-state index contributed by atoms with van der Waals surface area (Å²) in [5.74, 6) is 0. The molecular weight excluding hydrogens is 215 g/mol. The maximum Gasteiger partial charge on any atom is 0.416 e. The van der Waals surface area contributed by atoms with Gasteiger partial charge in [0.25, 0.3) is 0 Å². The Bertz CT molecular complexity index is 528. The maximum atomic E-state index is 12.7.